The second-order valence-electron chi connectivity index (χ2n) is 3.72. The van der Waals surface area contributed by atoms with Crippen LogP contribution >= 0.6 is 34.8 Å². The Kier molecular flexibility index (Phi) is 4.32. The summed E-state index contributed by atoms with van der Waals surface area (Å²) in [7, 11) is 0. The topological polar surface area (TPSA) is 22.1 Å². The average Bonchev–Trinajstić information content (AvgIpc) is 2.25. The van der Waals surface area contributed by atoms with Gasteiger partial charge in [-0.2, -0.15) is 13.2 Å². The maximum absolute atomic E-state index is 12.6. The summed E-state index contributed by atoms with van der Waals surface area (Å²) in [5, 5.41) is 0.235. The maximum Gasteiger partial charge on any atom is 0.416 e. The highest BCUT2D eigenvalue weighted by Crippen LogP contribution is 2.34. The van der Waals surface area contributed by atoms with Gasteiger partial charge < -0.3 is 4.74 Å². The molecule has 2 rings (SSSR count). The number of aromatic nitrogens is 1. The maximum atomic E-state index is 12.6. The van der Waals surface area contributed by atoms with Crippen LogP contribution in [-0.2, 0) is 6.18 Å². The van der Waals surface area contributed by atoms with Crippen LogP contribution in [-0.4, -0.2) is 4.98 Å². The van der Waals surface area contributed by atoms with Crippen LogP contribution in [0.25, 0.3) is 0 Å². The summed E-state index contributed by atoms with van der Waals surface area (Å²) in [6.45, 7) is 0. The van der Waals surface area contributed by atoms with Crippen LogP contribution in [0.2, 0.25) is 15.2 Å². The summed E-state index contributed by atoms with van der Waals surface area (Å²) < 4.78 is 43.1. The van der Waals surface area contributed by atoms with E-state index in [9.17, 15) is 13.2 Å². The van der Waals surface area contributed by atoms with E-state index < -0.39 is 11.7 Å². The molecule has 0 saturated carbocycles. The van der Waals surface area contributed by atoms with Gasteiger partial charge in [-0.05, 0) is 24.3 Å². The van der Waals surface area contributed by atoms with Gasteiger partial charge in [0.1, 0.15) is 10.9 Å². The molecule has 0 saturated heterocycles. The van der Waals surface area contributed by atoms with Gasteiger partial charge in [0.2, 0.25) is 5.88 Å². The van der Waals surface area contributed by atoms with E-state index in [0.717, 1.165) is 6.07 Å². The molecule has 2 nitrogen and oxygen atoms in total. The number of rotatable bonds is 2. The Bertz CT molecular complexity index is 626. The monoisotopic (exact) mass is 341 g/mol. The smallest absolute Gasteiger partial charge is 0.416 e. The van der Waals surface area contributed by atoms with Crippen LogP contribution < -0.4 is 4.74 Å². The van der Waals surface area contributed by atoms with Crippen molar-refractivity contribution >= 4 is 34.8 Å². The van der Waals surface area contributed by atoms with Gasteiger partial charge in [0, 0.05) is 16.1 Å². The Morgan fingerprint density at radius 1 is 0.900 bits per heavy atom. The van der Waals surface area contributed by atoms with Gasteiger partial charge in [-0.25, -0.2) is 4.98 Å². The summed E-state index contributed by atoms with van der Waals surface area (Å²) in [4.78, 5) is 3.66. The van der Waals surface area contributed by atoms with Crippen molar-refractivity contribution in [2.45, 2.75) is 6.18 Å². The molecular weight excluding hydrogens is 337 g/mol. The van der Waals surface area contributed by atoms with Gasteiger partial charge in [0.25, 0.3) is 0 Å². The first kappa shape index (κ1) is 15.2. The Balaban J connectivity index is 2.36. The highest BCUT2D eigenvalue weighted by molar-refractivity contribution is 6.34. The van der Waals surface area contributed by atoms with Crippen LogP contribution in [0.15, 0.2) is 30.3 Å². The summed E-state index contributed by atoms with van der Waals surface area (Å²) >= 11 is 17.1. The minimum absolute atomic E-state index is 0.158. The highest BCUT2D eigenvalue weighted by Gasteiger charge is 2.31. The van der Waals surface area contributed by atoms with Crippen molar-refractivity contribution in [3.05, 3.63) is 51.1 Å². The third-order valence-corrected chi connectivity index (χ3v) is 2.79. The minimum Gasteiger partial charge on any atom is -0.439 e. The average molecular weight is 343 g/mol. The third-order valence-electron chi connectivity index (χ3n) is 2.16. The van der Waals surface area contributed by atoms with E-state index in [0.29, 0.717) is 6.07 Å². The van der Waals surface area contributed by atoms with Crippen molar-refractivity contribution in [3.8, 4) is 11.6 Å². The molecule has 0 aliphatic heterocycles. The van der Waals surface area contributed by atoms with Gasteiger partial charge in [0.15, 0.2) is 0 Å². The van der Waals surface area contributed by atoms with Crippen molar-refractivity contribution in [2.24, 2.45) is 0 Å². The fourth-order valence-electron chi connectivity index (χ4n) is 1.40. The fraction of sp³-hybridized carbons (Fsp3) is 0.0833. The lowest BCUT2D eigenvalue weighted by atomic mass is 10.2. The number of alkyl halides is 3. The summed E-state index contributed by atoms with van der Waals surface area (Å²) in [6.07, 6.45) is -4.54. The normalized spacial score (nSPS) is 11.5. The van der Waals surface area contributed by atoms with Crippen LogP contribution in [0.3, 0.4) is 0 Å². The Labute approximate surface area is 127 Å². The second-order valence-corrected chi connectivity index (χ2v) is 4.98. The van der Waals surface area contributed by atoms with Crippen LogP contribution in [0.1, 0.15) is 5.56 Å². The summed E-state index contributed by atoms with van der Waals surface area (Å²) in [6, 6.07) is 5.69. The molecule has 0 aliphatic rings. The van der Waals surface area contributed by atoms with E-state index in [4.69, 9.17) is 39.5 Å². The molecule has 0 radical (unpaired) electrons. The zero-order chi connectivity index (χ0) is 14.9. The van der Waals surface area contributed by atoms with Crippen molar-refractivity contribution in [2.75, 3.05) is 0 Å². The molecule has 1 aromatic heterocycles. The van der Waals surface area contributed by atoms with Gasteiger partial charge >= 0.3 is 6.18 Å². The van der Waals surface area contributed by atoms with E-state index >= 15 is 0 Å². The quantitative estimate of drug-likeness (QED) is 0.638. The zero-order valence-corrected chi connectivity index (χ0v) is 11.8. The number of hydrogen-bond acceptors (Lipinski definition) is 2. The van der Waals surface area contributed by atoms with E-state index in [1.165, 1.54) is 18.2 Å². The lowest BCUT2D eigenvalue weighted by molar-refractivity contribution is -0.137. The lowest BCUT2D eigenvalue weighted by Crippen LogP contribution is -2.05. The molecule has 0 unspecified atom stereocenters. The van der Waals surface area contributed by atoms with Crippen LogP contribution in [0, 0.1) is 0 Å². The predicted octanol–water partition coefficient (Wildman–Crippen LogP) is 5.85. The predicted molar refractivity (Wildman–Crippen MR) is 70.8 cm³/mol. The molecule has 1 aromatic carbocycles. The molecule has 2 aromatic rings. The van der Waals surface area contributed by atoms with Gasteiger partial charge in [0.05, 0.1) is 5.56 Å². The number of hydrogen-bond donors (Lipinski definition) is 0. The first-order valence-corrected chi connectivity index (χ1v) is 6.26. The van der Waals surface area contributed by atoms with E-state index in [-0.39, 0.29) is 26.8 Å². The Hall–Kier alpha value is -1.17. The van der Waals surface area contributed by atoms with Crippen molar-refractivity contribution in [1.29, 1.82) is 0 Å². The molecule has 0 bridgehead atoms. The first-order valence-electron chi connectivity index (χ1n) is 5.13. The van der Waals surface area contributed by atoms with Crippen molar-refractivity contribution < 1.29 is 17.9 Å². The SMILES string of the molecule is FC(F)(F)c1cc(Cl)nc(Oc2cc(Cl)cc(Cl)c2)c1. The van der Waals surface area contributed by atoms with E-state index in [2.05, 4.69) is 4.98 Å². The number of nitrogens with zero attached hydrogens (tertiary/aromatic N) is 1. The van der Waals surface area contributed by atoms with Crippen LogP contribution in [0.5, 0.6) is 11.6 Å². The fourth-order valence-corrected chi connectivity index (χ4v) is 2.10. The van der Waals surface area contributed by atoms with Crippen molar-refractivity contribution in [1.82, 2.24) is 4.98 Å². The molecule has 106 valence electrons. The Morgan fingerprint density at radius 3 is 2.05 bits per heavy atom. The number of pyridine rings is 1. The largest absolute Gasteiger partial charge is 0.439 e. The summed E-state index contributed by atoms with van der Waals surface area (Å²) in [5.74, 6) is -0.145. The van der Waals surface area contributed by atoms with Gasteiger partial charge in [-0.15, -0.1) is 0 Å². The molecule has 1 heterocycles. The molecule has 0 amide bonds. The molecule has 20 heavy (non-hydrogen) atoms. The minimum atomic E-state index is -4.54. The molecular formula is C12H5Cl3F3NO. The molecule has 8 heteroatoms. The third kappa shape index (κ3) is 3.91. The molecule has 0 spiro atoms. The van der Waals surface area contributed by atoms with E-state index in [1.807, 2.05) is 0 Å². The lowest BCUT2D eigenvalue weighted by Gasteiger charge is -2.10. The summed E-state index contributed by atoms with van der Waals surface area (Å²) in [5.41, 5.74) is -0.958. The van der Waals surface area contributed by atoms with E-state index in [1.54, 1.807) is 0 Å². The number of benzene rings is 1. The Morgan fingerprint density at radius 2 is 1.50 bits per heavy atom. The second kappa shape index (κ2) is 5.68. The first-order chi connectivity index (χ1) is 9.24. The van der Waals surface area contributed by atoms with Gasteiger partial charge in [-0.3, -0.25) is 0 Å². The molecule has 0 fully saturated rings. The molecule has 0 aliphatic carbocycles. The zero-order valence-electron chi connectivity index (χ0n) is 9.51. The van der Waals surface area contributed by atoms with Crippen LogP contribution in [0.4, 0.5) is 13.2 Å². The highest BCUT2D eigenvalue weighted by atomic mass is 35.5. The number of halogens is 6. The van der Waals surface area contributed by atoms with Crippen molar-refractivity contribution in [3.63, 3.8) is 0 Å². The molecule has 0 atom stereocenters. The standard InChI is InChI=1S/C12H5Cl3F3NO/c13-7-3-8(14)5-9(4-7)20-11-2-6(12(16,17)18)1-10(15)19-11/h1-5H. The number of ether oxygens (including phenoxy) is 1. The molecule has 0 N–H and O–H groups in total. The van der Waals surface area contributed by atoms with Gasteiger partial charge in [-0.1, -0.05) is 34.8 Å².